The van der Waals surface area contributed by atoms with Crippen LogP contribution in [0, 0.1) is 0 Å². The lowest BCUT2D eigenvalue weighted by Gasteiger charge is -2.18. The van der Waals surface area contributed by atoms with Gasteiger partial charge in [0.1, 0.15) is 16.9 Å². The molecule has 1 amide bonds. The van der Waals surface area contributed by atoms with Crippen molar-refractivity contribution < 1.29 is 31.8 Å². The summed E-state index contributed by atoms with van der Waals surface area (Å²) >= 11 is 1.02. The summed E-state index contributed by atoms with van der Waals surface area (Å²) in [7, 11) is 1.47. The molecule has 0 spiro atoms. The number of nitrogens with one attached hydrogen (secondary N) is 1. The molecule has 0 aliphatic heterocycles. The number of rotatable bonds is 7. The zero-order valence-corrected chi connectivity index (χ0v) is 13.8. The molecule has 0 bridgehead atoms. The van der Waals surface area contributed by atoms with E-state index in [1.54, 1.807) is 6.92 Å². The van der Waals surface area contributed by atoms with Crippen molar-refractivity contribution in [3.63, 3.8) is 0 Å². The summed E-state index contributed by atoms with van der Waals surface area (Å²) in [5.41, 5.74) is -0.348. The van der Waals surface area contributed by atoms with Crippen LogP contribution in [0.1, 0.15) is 28.4 Å². The zero-order valence-electron chi connectivity index (χ0n) is 13.0. The van der Waals surface area contributed by atoms with Crippen LogP contribution in [-0.4, -0.2) is 35.7 Å². The molecule has 11 heteroatoms. The van der Waals surface area contributed by atoms with Crippen LogP contribution in [0.3, 0.4) is 0 Å². The molecule has 2 rings (SSSR count). The number of methoxy groups -OCH3 is 1. The monoisotopic (exact) mass is 379 g/mol. The Balaban J connectivity index is 2.18. The SMILES string of the molecule is COC(C)c1nnc(NC(=O)c2ccccc2OC(F)(F)C(F)F)s1. The predicted molar refractivity (Wildman–Crippen MR) is 81.3 cm³/mol. The van der Waals surface area contributed by atoms with Crippen LogP contribution < -0.4 is 10.1 Å². The fourth-order valence-electron chi connectivity index (χ4n) is 1.65. The van der Waals surface area contributed by atoms with Crippen LogP contribution in [0.15, 0.2) is 24.3 Å². The first-order valence-electron chi connectivity index (χ1n) is 6.86. The molecule has 0 radical (unpaired) electrons. The summed E-state index contributed by atoms with van der Waals surface area (Å²) in [5.74, 6) is -1.53. The standard InChI is InChI=1S/C14H13F4N3O3S/c1-7(23-2)11-20-21-13(25-11)19-10(22)8-5-3-4-6-9(8)24-14(17,18)12(15)16/h3-7,12H,1-2H3,(H,19,21,22). The van der Waals surface area contributed by atoms with Gasteiger partial charge < -0.3 is 9.47 Å². The highest BCUT2D eigenvalue weighted by atomic mass is 32.1. The summed E-state index contributed by atoms with van der Waals surface area (Å²) in [5, 5.41) is 10.5. The van der Waals surface area contributed by atoms with Crippen LogP contribution >= 0.6 is 11.3 Å². The van der Waals surface area contributed by atoms with Crippen molar-refractivity contribution in [1.29, 1.82) is 0 Å². The molecule has 1 aromatic heterocycles. The van der Waals surface area contributed by atoms with Gasteiger partial charge in [-0.15, -0.1) is 10.2 Å². The Hall–Kier alpha value is -2.27. The minimum absolute atomic E-state index is 0.0966. The molecule has 0 saturated heterocycles. The first-order valence-corrected chi connectivity index (χ1v) is 7.67. The van der Waals surface area contributed by atoms with Gasteiger partial charge in [-0.25, -0.2) is 0 Å². The lowest BCUT2D eigenvalue weighted by atomic mass is 10.2. The normalized spacial score (nSPS) is 12.9. The van der Waals surface area contributed by atoms with Crippen LogP contribution in [0.25, 0.3) is 0 Å². The van der Waals surface area contributed by atoms with Crippen molar-refractivity contribution in [3.05, 3.63) is 34.8 Å². The molecular formula is C14H13F4N3O3S. The summed E-state index contributed by atoms with van der Waals surface area (Å²) in [6, 6.07) is 4.80. The van der Waals surface area contributed by atoms with E-state index in [9.17, 15) is 22.4 Å². The molecule has 25 heavy (non-hydrogen) atoms. The van der Waals surface area contributed by atoms with Gasteiger partial charge in [-0.1, -0.05) is 23.5 Å². The number of benzene rings is 1. The third kappa shape index (κ3) is 4.63. The Kier molecular flexibility index (Phi) is 5.90. The predicted octanol–water partition coefficient (Wildman–Crippen LogP) is 3.73. The highest BCUT2D eigenvalue weighted by Gasteiger charge is 2.44. The Morgan fingerprint density at radius 2 is 1.96 bits per heavy atom. The number of amides is 1. The van der Waals surface area contributed by atoms with Gasteiger partial charge in [0.05, 0.1) is 5.56 Å². The number of ether oxygens (including phenoxy) is 2. The second kappa shape index (κ2) is 7.74. The van der Waals surface area contributed by atoms with Gasteiger partial charge in [-0.3, -0.25) is 10.1 Å². The number of hydrogen-bond donors (Lipinski definition) is 1. The summed E-state index contributed by atoms with van der Waals surface area (Å²) in [4.78, 5) is 12.2. The topological polar surface area (TPSA) is 73.3 Å². The smallest absolute Gasteiger partial charge is 0.427 e. The second-order valence-electron chi connectivity index (χ2n) is 4.74. The van der Waals surface area contributed by atoms with Gasteiger partial charge >= 0.3 is 12.5 Å². The maximum Gasteiger partial charge on any atom is 0.461 e. The molecule has 0 aliphatic carbocycles. The van der Waals surface area contributed by atoms with E-state index in [2.05, 4.69) is 20.3 Å². The maximum absolute atomic E-state index is 13.1. The van der Waals surface area contributed by atoms with E-state index in [0.29, 0.717) is 5.01 Å². The van der Waals surface area contributed by atoms with E-state index in [0.717, 1.165) is 23.5 Å². The third-order valence-corrected chi connectivity index (χ3v) is 3.99. The van der Waals surface area contributed by atoms with Crippen molar-refractivity contribution in [3.8, 4) is 5.75 Å². The van der Waals surface area contributed by atoms with E-state index < -0.39 is 24.2 Å². The van der Waals surface area contributed by atoms with Crippen molar-refractivity contribution in [2.75, 3.05) is 12.4 Å². The Morgan fingerprint density at radius 1 is 1.28 bits per heavy atom. The van der Waals surface area contributed by atoms with Crippen molar-refractivity contribution in [2.24, 2.45) is 0 Å². The molecule has 1 aromatic carbocycles. The van der Waals surface area contributed by atoms with E-state index in [1.807, 2.05) is 0 Å². The van der Waals surface area contributed by atoms with Gasteiger partial charge in [0.2, 0.25) is 5.13 Å². The van der Waals surface area contributed by atoms with Gasteiger partial charge in [-0.2, -0.15) is 17.6 Å². The molecule has 6 nitrogen and oxygen atoms in total. The Morgan fingerprint density at radius 3 is 2.60 bits per heavy atom. The first kappa shape index (κ1) is 19.1. The van der Waals surface area contributed by atoms with E-state index in [-0.39, 0.29) is 16.8 Å². The van der Waals surface area contributed by atoms with Gasteiger partial charge in [-0.05, 0) is 19.1 Å². The van der Waals surface area contributed by atoms with Crippen molar-refractivity contribution in [1.82, 2.24) is 10.2 Å². The number of alkyl halides is 4. The summed E-state index contributed by atoms with van der Waals surface area (Å²) in [6.07, 6.45) is -9.10. The first-order chi connectivity index (χ1) is 11.7. The molecule has 2 aromatic rings. The number of halogens is 4. The molecule has 1 unspecified atom stereocenters. The molecule has 0 fully saturated rings. The van der Waals surface area contributed by atoms with Gasteiger partial charge in [0.25, 0.3) is 5.91 Å². The maximum atomic E-state index is 13.1. The molecule has 1 N–H and O–H groups in total. The quantitative estimate of drug-likeness (QED) is 0.742. The summed E-state index contributed by atoms with van der Waals surface area (Å²) < 4.78 is 59.8. The average Bonchev–Trinajstić information content (AvgIpc) is 3.02. The van der Waals surface area contributed by atoms with Crippen LogP contribution in [0.2, 0.25) is 0 Å². The molecule has 0 saturated carbocycles. The number of carbonyl (C=O) groups excluding carboxylic acids is 1. The van der Waals surface area contributed by atoms with Gasteiger partial charge in [0.15, 0.2) is 0 Å². The van der Waals surface area contributed by atoms with Crippen LogP contribution in [0.4, 0.5) is 22.7 Å². The minimum atomic E-state index is -4.72. The fraction of sp³-hybridized carbons (Fsp3) is 0.357. The highest BCUT2D eigenvalue weighted by molar-refractivity contribution is 7.15. The van der Waals surface area contributed by atoms with E-state index in [1.165, 1.54) is 19.2 Å². The molecule has 1 atom stereocenters. The lowest BCUT2D eigenvalue weighted by Crippen LogP contribution is -2.34. The summed E-state index contributed by atoms with van der Waals surface area (Å²) in [6.45, 7) is 1.72. The highest BCUT2D eigenvalue weighted by Crippen LogP contribution is 2.30. The Bertz CT molecular complexity index is 742. The lowest BCUT2D eigenvalue weighted by molar-refractivity contribution is -0.253. The van der Waals surface area contributed by atoms with Crippen LogP contribution in [0.5, 0.6) is 5.75 Å². The number of nitrogens with zero attached hydrogens (tertiary/aromatic N) is 2. The number of hydrogen-bond acceptors (Lipinski definition) is 6. The number of anilines is 1. The van der Waals surface area contributed by atoms with Crippen molar-refractivity contribution in [2.45, 2.75) is 25.6 Å². The second-order valence-corrected chi connectivity index (χ2v) is 5.75. The van der Waals surface area contributed by atoms with Crippen molar-refractivity contribution >= 4 is 22.4 Å². The minimum Gasteiger partial charge on any atom is -0.427 e. The molecular weight excluding hydrogens is 366 g/mol. The number of aromatic nitrogens is 2. The fourth-order valence-corrected chi connectivity index (χ4v) is 2.42. The molecule has 0 aliphatic rings. The Labute approximate surface area is 143 Å². The molecule has 136 valence electrons. The third-order valence-electron chi connectivity index (χ3n) is 2.99. The molecule has 1 heterocycles. The van der Waals surface area contributed by atoms with E-state index in [4.69, 9.17) is 4.74 Å². The van der Waals surface area contributed by atoms with Gasteiger partial charge in [0, 0.05) is 7.11 Å². The number of para-hydroxylation sites is 1. The largest absolute Gasteiger partial charge is 0.461 e. The van der Waals surface area contributed by atoms with Crippen LogP contribution in [-0.2, 0) is 4.74 Å². The average molecular weight is 379 g/mol. The van der Waals surface area contributed by atoms with E-state index >= 15 is 0 Å². The zero-order chi connectivity index (χ0) is 18.6. The number of carbonyl (C=O) groups is 1.